The van der Waals surface area contributed by atoms with Crippen LogP contribution in [-0.4, -0.2) is 59.5 Å². The van der Waals surface area contributed by atoms with Crippen LogP contribution in [-0.2, 0) is 20.7 Å². The SMILES string of the molecule is COC(C)(C)CCOC(=O)N1CCc2ncsc2C1c1cc(Cl)ccc1OCC(=O)O. The number of hydrogen-bond acceptors (Lipinski definition) is 7. The summed E-state index contributed by atoms with van der Waals surface area (Å²) in [5.41, 5.74) is 2.81. The molecule has 3 rings (SSSR count). The summed E-state index contributed by atoms with van der Waals surface area (Å²) in [4.78, 5) is 31.0. The highest BCUT2D eigenvalue weighted by molar-refractivity contribution is 7.09. The summed E-state index contributed by atoms with van der Waals surface area (Å²) in [7, 11) is 1.62. The molecule has 1 aromatic heterocycles. The molecular formula is C21H25ClN2O6S. The number of carboxylic acids is 1. The highest BCUT2D eigenvalue weighted by Gasteiger charge is 2.37. The molecule has 31 heavy (non-hydrogen) atoms. The number of aromatic nitrogens is 1. The molecule has 0 aliphatic carbocycles. The first kappa shape index (κ1) is 23.3. The van der Waals surface area contributed by atoms with Crippen molar-refractivity contribution < 1.29 is 28.9 Å². The van der Waals surface area contributed by atoms with Crippen molar-refractivity contribution >= 4 is 35.0 Å². The summed E-state index contributed by atoms with van der Waals surface area (Å²) < 4.78 is 16.4. The Morgan fingerprint density at radius 1 is 1.39 bits per heavy atom. The zero-order chi connectivity index (χ0) is 22.6. The average molecular weight is 469 g/mol. The van der Waals surface area contributed by atoms with E-state index in [-0.39, 0.29) is 6.61 Å². The van der Waals surface area contributed by atoms with Gasteiger partial charge in [-0.1, -0.05) is 11.6 Å². The standard InChI is InChI=1S/C21H25ClN2O6S/c1-21(2,28-3)7-9-29-20(27)24-8-6-15-19(31-12-23-15)18(24)14-10-13(22)4-5-16(14)30-11-17(25)26/h4-5,10,12,18H,6-9,11H2,1-3H3,(H,25,26). The summed E-state index contributed by atoms with van der Waals surface area (Å²) in [5.74, 6) is -0.753. The number of thiazole rings is 1. The quantitative estimate of drug-likeness (QED) is 0.621. The molecule has 2 aromatic rings. The topological polar surface area (TPSA) is 98.2 Å². The molecule has 0 saturated heterocycles. The Kier molecular flexibility index (Phi) is 7.40. The Balaban J connectivity index is 1.91. The van der Waals surface area contributed by atoms with Crippen LogP contribution in [0, 0.1) is 0 Å². The van der Waals surface area contributed by atoms with E-state index in [9.17, 15) is 9.59 Å². The molecule has 1 amide bonds. The molecule has 1 aliphatic heterocycles. The van der Waals surface area contributed by atoms with Crippen LogP contribution in [0.15, 0.2) is 23.7 Å². The molecule has 1 N–H and O–H groups in total. The van der Waals surface area contributed by atoms with E-state index in [0.29, 0.717) is 35.7 Å². The largest absolute Gasteiger partial charge is 0.482 e. The van der Waals surface area contributed by atoms with Crippen LogP contribution in [0.4, 0.5) is 4.79 Å². The Morgan fingerprint density at radius 3 is 2.87 bits per heavy atom. The maximum Gasteiger partial charge on any atom is 0.410 e. The number of carbonyl (C=O) groups excluding carboxylic acids is 1. The Bertz CT molecular complexity index is 948. The number of amides is 1. The molecule has 1 aromatic carbocycles. The maximum absolute atomic E-state index is 13.0. The Morgan fingerprint density at radius 2 is 2.16 bits per heavy atom. The smallest absolute Gasteiger partial charge is 0.410 e. The van der Waals surface area contributed by atoms with Gasteiger partial charge in [0, 0.05) is 37.1 Å². The fourth-order valence-corrected chi connectivity index (χ4v) is 4.41. The van der Waals surface area contributed by atoms with Crippen LogP contribution in [0.25, 0.3) is 0 Å². The summed E-state index contributed by atoms with van der Waals surface area (Å²) in [6.45, 7) is 3.95. The number of hydrogen-bond donors (Lipinski definition) is 1. The summed E-state index contributed by atoms with van der Waals surface area (Å²) in [6.07, 6.45) is 0.670. The summed E-state index contributed by atoms with van der Waals surface area (Å²) in [6, 6.07) is 4.38. The number of fused-ring (bicyclic) bond motifs is 1. The van der Waals surface area contributed by atoms with Gasteiger partial charge >= 0.3 is 12.1 Å². The van der Waals surface area contributed by atoms with Crippen molar-refractivity contribution in [2.75, 3.05) is 26.9 Å². The molecule has 0 radical (unpaired) electrons. The van der Waals surface area contributed by atoms with Gasteiger partial charge in [0.05, 0.1) is 28.3 Å². The van der Waals surface area contributed by atoms with Gasteiger partial charge in [-0.15, -0.1) is 11.3 Å². The van der Waals surface area contributed by atoms with Gasteiger partial charge < -0.3 is 19.3 Å². The third-order valence-electron chi connectivity index (χ3n) is 5.16. The van der Waals surface area contributed by atoms with Gasteiger partial charge in [0.1, 0.15) is 11.8 Å². The molecule has 0 fully saturated rings. The summed E-state index contributed by atoms with van der Waals surface area (Å²) >= 11 is 7.67. The van der Waals surface area contributed by atoms with Crippen molar-refractivity contribution in [2.24, 2.45) is 0 Å². The summed E-state index contributed by atoms with van der Waals surface area (Å²) in [5, 5.41) is 9.47. The number of methoxy groups -OCH3 is 1. The predicted molar refractivity (Wildman–Crippen MR) is 116 cm³/mol. The first-order chi connectivity index (χ1) is 14.7. The lowest BCUT2D eigenvalue weighted by Crippen LogP contribution is -2.41. The van der Waals surface area contributed by atoms with E-state index in [2.05, 4.69) is 4.98 Å². The molecule has 168 valence electrons. The molecule has 8 nitrogen and oxygen atoms in total. The van der Waals surface area contributed by atoms with Crippen LogP contribution in [0.2, 0.25) is 5.02 Å². The molecule has 1 atom stereocenters. The van der Waals surface area contributed by atoms with Crippen molar-refractivity contribution in [3.63, 3.8) is 0 Å². The lowest BCUT2D eigenvalue weighted by molar-refractivity contribution is -0.139. The molecule has 0 saturated carbocycles. The van der Waals surface area contributed by atoms with Gasteiger partial charge in [-0.25, -0.2) is 14.6 Å². The first-order valence-corrected chi connectivity index (χ1v) is 11.0. The van der Waals surface area contributed by atoms with Gasteiger partial charge in [0.2, 0.25) is 0 Å². The normalized spacial score (nSPS) is 16.0. The van der Waals surface area contributed by atoms with Crippen molar-refractivity contribution in [2.45, 2.75) is 38.3 Å². The monoisotopic (exact) mass is 468 g/mol. The van der Waals surface area contributed by atoms with Crippen LogP contribution >= 0.6 is 22.9 Å². The van der Waals surface area contributed by atoms with Gasteiger partial charge in [-0.05, 0) is 32.0 Å². The minimum Gasteiger partial charge on any atom is -0.482 e. The molecule has 10 heteroatoms. The van der Waals surface area contributed by atoms with Crippen molar-refractivity contribution in [1.82, 2.24) is 9.88 Å². The Labute approximate surface area is 189 Å². The average Bonchev–Trinajstić information content (AvgIpc) is 3.20. The van der Waals surface area contributed by atoms with Crippen molar-refractivity contribution in [1.29, 1.82) is 0 Å². The van der Waals surface area contributed by atoms with E-state index in [0.717, 1.165) is 10.6 Å². The maximum atomic E-state index is 13.0. The van der Waals surface area contributed by atoms with Crippen molar-refractivity contribution in [3.05, 3.63) is 44.9 Å². The van der Waals surface area contributed by atoms with Crippen molar-refractivity contribution in [3.8, 4) is 5.75 Å². The molecule has 0 spiro atoms. The number of ether oxygens (including phenoxy) is 3. The minimum atomic E-state index is -1.10. The predicted octanol–water partition coefficient (Wildman–Crippen LogP) is 4.16. The number of carbonyl (C=O) groups is 2. The lowest BCUT2D eigenvalue weighted by atomic mass is 9.97. The third-order valence-corrected chi connectivity index (χ3v) is 6.32. The zero-order valence-electron chi connectivity index (χ0n) is 17.6. The van der Waals surface area contributed by atoms with E-state index in [1.165, 1.54) is 11.3 Å². The Hall–Kier alpha value is -2.36. The second-order valence-corrected chi connectivity index (χ2v) is 9.02. The van der Waals surface area contributed by atoms with E-state index >= 15 is 0 Å². The van der Waals surface area contributed by atoms with Crippen LogP contribution < -0.4 is 4.74 Å². The number of halogens is 1. The molecule has 1 unspecified atom stereocenters. The molecule has 2 heterocycles. The fraction of sp³-hybridized carbons (Fsp3) is 0.476. The van der Waals surface area contributed by atoms with Gasteiger partial charge in [0.25, 0.3) is 0 Å². The zero-order valence-corrected chi connectivity index (χ0v) is 19.2. The second kappa shape index (κ2) is 9.84. The lowest BCUT2D eigenvalue weighted by Gasteiger charge is -2.35. The van der Waals surface area contributed by atoms with Crippen LogP contribution in [0.5, 0.6) is 5.75 Å². The second-order valence-electron chi connectivity index (χ2n) is 7.70. The molecule has 0 bridgehead atoms. The van der Waals surface area contributed by atoms with E-state index < -0.39 is 30.3 Å². The highest BCUT2D eigenvalue weighted by atomic mass is 35.5. The highest BCUT2D eigenvalue weighted by Crippen LogP contribution is 2.42. The van der Waals surface area contributed by atoms with E-state index in [1.54, 1.807) is 35.7 Å². The van der Waals surface area contributed by atoms with Gasteiger partial charge in [-0.2, -0.15) is 0 Å². The van der Waals surface area contributed by atoms with Gasteiger partial charge in [-0.3, -0.25) is 4.90 Å². The molecular weight excluding hydrogens is 444 g/mol. The minimum absolute atomic E-state index is 0.205. The first-order valence-electron chi connectivity index (χ1n) is 9.76. The number of rotatable bonds is 8. The van der Waals surface area contributed by atoms with E-state index in [4.69, 9.17) is 30.9 Å². The number of carboxylic acid groups (broad SMARTS) is 1. The molecule has 1 aliphatic rings. The number of aliphatic carboxylic acids is 1. The van der Waals surface area contributed by atoms with Crippen LogP contribution in [0.1, 0.15) is 42.4 Å². The fourth-order valence-electron chi connectivity index (χ4n) is 3.26. The third kappa shape index (κ3) is 5.66. The number of nitrogens with zero attached hydrogens (tertiary/aromatic N) is 2. The van der Waals surface area contributed by atoms with Crippen LogP contribution in [0.3, 0.4) is 0 Å². The van der Waals surface area contributed by atoms with Gasteiger partial charge in [0.15, 0.2) is 6.61 Å². The number of benzene rings is 1. The van der Waals surface area contributed by atoms with E-state index in [1.807, 2.05) is 13.8 Å².